The highest BCUT2D eigenvalue weighted by Crippen LogP contribution is 2.12. The van der Waals surface area contributed by atoms with Gasteiger partial charge in [-0.05, 0) is 11.5 Å². The maximum Gasteiger partial charge on any atom is 0.244 e. The van der Waals surface area contributed by atoms with Crippen molar-refractivity contribution in [3.05, 3.63) is 11.5 Å². The van der Waals surface area contributed by atoms with Gasteiger partial charge in [-0.3, -0.25) is 4.79 Å². The van der Waals surface area contributed by atoms with Gasteiger partial charge in [0.2, 0.25) is 5.91 Å². The van der Waals surface area contributed by atoms with E-state index in [9.17, 15) is 4.79 Å². The third kappa shape index (κ3) is 2.04. The fraction of sp³-hybridized carbons (Fsp3) is 0.625. The van der Waals surface area contributed by atoms with Gasteiger partial charge in [0.1, 0.15) is 6.04 Å². The van der Waals surface area contributed by atoms with Gasteiger partial charge >= 0.3 is 0 Å². The summed E-state index contributed by atoms with van der Waals surface area (Å²) in [6, 6.07) is -0.136. The summed E-state index contributed by atoms with van der Waals surface area (Å²) >= 11 is 1.47. The molecule has 0 bridgehead atoms. The molecule has 1 atom stereocenters. The van der Waals surface area contributed by atoms with Crippen molar-refractivity contribution < 1.29 is 9.53 Å². The van der Waals surface area contributed by atoms with Gasteiger partial charge in [-0.15, -0.1) is 0 Å². The number of hydrogen-bond acceptors (Lipinski definition) is 4. The molecule has 0 radical (unpaired) electrons. The van der Waals surface area contributed by atoms with Gasteiger partial charge in [0, 0.05) is 13.1 Å². The fourth-order valence-corrected chi connectivity index (χ4v) is 2.02. The third-order valence-corrected chi connectivity index (χ3v) is 2.81. The van der Waals surface area contributed by atoms with E-state index < -0.39 is 0 Å². The van der Waals surface area contributed by atoms with Gasteiger partial charge in [-0.2, -0.15) is 0 Å². The normalized spacial score (nSPS) is 28.0. The number of amides is 1. The Kier molecular flexibility index (Phi) is 2.87. The molecule has 2 aliphatic rings. The first-order valence-corrected chi connectivity index (χ1v) is 5.20. The highest BCUT2D eigenvalue weighted by Gasteiger charge is 2.25. The van der Waals surface area contributed by atoms with Crippen molar-refractivity contribution in [3.8, 4) is 0 Å². The summed E-state index contributed by atoms with van der Waals surface area (Å²) in [5.74, 6) is 0.157. The Hall–Kier alpha value is -0.520. The molecule has 0 aromatic carbocycles. The largest absolute Gasteiger partial charge is 0.378 e. The van der Waals surface area contributed by atoms with Gasteiger partial charge in [0.05, 0.1) is 13.2 Å². The van der Waals surface area contributed by atoms with E-state index in [1.165, 1.54) is 11.9 Å². The molecule has 2 heterocycles. The van der Waals surface area contributed by atoms with Crippen LogP contribution < -0.4 is 4.72 Å². The molecule has 4 nitrogen and oxygen atoms in total. The van der Waals surface area contributed by atoms with Crippen LogP contribution in [0.25, 0.3) is 0 Å². The summed E-state index contributed by atoms with van der Waals surface area (Å²) in [7, 11) is 0. The molecule has 5 heteroatoms. The van der Waals surface area contributed by atoms with E-state index in [1.807, 2.05) is 16.4 Å². The van der Waals surface area contributed by atoms with E-state index in [1.54, 1.807) is 0 Å². The molecule has 13 heavy (non-hydrogen) atoms. The molecule has 2 aliphatic heterocycles. The minimum absolute atomic E-state index is 0.136. The summed E-state index contributed by atoms with van der Waals surface area (Å²) < 4.78 is 8.20. The monoisotopic (exact) mass is 200 g/mol. The molecule has 1 amide bonds. The van der Waals surface area contributed by atoms with Crippen LogP contribution in [0, 0.1) is 0 Å². The molecule has 72 valence electrons. The molecule has 0 spiro atoms. The smallest absolute Gasteiger partial charge is 0.244 e. The lowest BCUT2D eigenvalue weighted by molar-refractivity contribution is -0.135. The Bertz CT molecular complexity index is 226. The molecule has 1 N–H and O–H groups in total. The first-order chi connectivity index (χ1) is 6.38. The van der Waals surface area contributed by atoms with Crippen LogP contribution in [0.1, 0.15) is 0 Å². The van der Waals surface area contributed by atoms with Crippen molar-refractivity contribution in [3.63, 3.8) is 0 Å². The van der Waals surface area contributed by atoms with Crippen LogP contribution in [0.2, 0.25) is 0 Å². The Balaban J connectivity index is 1.91. The predicted molar refractivity (Wildman–Crippen MR) is 51.1 cm³/mol. The third-order valence-electron chi connectivity index (χ3n) is 2.12. The van der Waals surface area contributed by atoms with Crippen molar-refractivity contribution in [2.75, 3.05) is 26.3 Å². The lowest BCUT2D eigenvalue weighted by Crippen LogP contribution is -2.47. The van der Waals surface area contributed by atoms with E-state index in [0.717, 1.165) is 13.1 Å². The first kappa shape index (κ1) is 9.05. The number of carbonyl (C=O) groups excluding carboxylic acids is 1. The van der Waals surface area contributed by atoms with Crippen LogP contribution in [0.3, 0.4) is 0 Å². The Morgan fingerprint density at radius 1 is 1.54 bits per heavy atom. The Morgan fingerprint density at radius 3 is 2.92 bits per heavy atom. The van der Waals surface area contributed by atoms with Gasteiger partial charge < -0.3 is 9.64 Å². The summed E-state index contributed by atoms with van der Waals surface area (Å²) in [6.07, 6.45) is 1.89. The average molecular weight is 200 g/mol. The zero-order chi connectivity index (χ0) is 9.10. The van der Waals surface area contributed by atoms with Crippen LogP contribution in [0.5, 0.6) is 0 Å². The molecular weight excluding hydrogens is 188 g/mol. The Morgan fingerprint density at radius 2 is 2.31 bits per heavy atom. The zero-order valence-electron chi connectivity index (χ0n) is 7.23. The van der Waals surface area contributed by atoms with Crippen LogP contribution in [-0.2, 0) is 9.53 Å². The van der Waals surface area contributed by atoms with Gasteiger partial charge in [-0.1, -0.05) is 11.9 Å². The minimum Gasteiger partial charge on any atom is -0.378 e. The zero-order valence-corrected chi connectivity index (χ0v) is 8.05. The number of carbonyl (C=O) groups is 1. The molecule has 0 aromatic rings. The quantitative estimate of drug-likeness (QED) is 0.604. The summed E-state index contributed by atoms with van der Waals surface area (Å²) in [5, 5.41) is 1.91. The lowest BCUT2D eigenvalue weighted by Gasteiger charge is -2.28. The van der Waals surface area contributed by atoms with E-state index in [-0.39, 0.29) is 11.9 Å². The number of ether oxygens (including phenoxy) is 1. The number of hydrogen-bond donors (Lipinski definition) is 1. The van der Waals surface area contributed by atoms with E-state index in [2.05, 4.69) is 4.72 Å². The van der Waals surface area contributed by atoms with Gasteiger partial charge in [0.15, 0.2) is 0 Å². The molecule has 1 saturated heterocycles. The van der Waals surface area contributed by atoms with Crippen LogP contribution in [0.15, 0.2) is 11.5 Å². The van der Waals surface area contributed by atoms with Crippen LogP contribution >= 0.6 is 11.9 Å². The maximum atomic E-state index is 11.7. The van der Waals surface area contributed by atoms with Crippen molar-refractivity contribution >= 4 is 17.9 Å². The topological polar surface area (TPSA) is 41.6 Å². The number of rotatable bonds is 1. The molecule has 1 fully saturated rings. The van der Waals surface area contributed by atoms with Crippen molar-refractivity contribution in [2.45, 2.75) is 6.04 Å². The molecule has 0 aliphatic carbocycles. The summed E-state index contributed by atoms with van der Waals surface area (Å²) in [4.78, 5) is 13.6. The second-order valence-electron chi connectivity index (χ2n) is 2.98. The standard InChI is InChI=1S/C8H12N2O2S/c11-8(7-1-6-13-9-7)10-2-4-12-5-3-10/h1,6-7,9H,2-5H2/t7-/m0/s1. The van der Waals surface area contributed by atoms with Gasteiger partial charge in [-0.25, -0.2) is 4.72 Å². The van der Waals surface area contributed by atoms with Crippen molar-refractivity contribution in [1.82, 2.24) is 9.62 Å². The molecule has 0 saturated carbocycles. The van der Waals surface area contributed by atoms with Crippen LogP contribution in [-0.4, -0.2) is 43.2 Å². The van der Waals surface area contributed by atoms with E-state index in [4.69, 9.17) is 4.74 Å². The molecule has 0 unspecified atom stereocenters. The predicted octanol–water partition coefficient (Wildman–Crippen LogP) is -0.0211. The first-order valence-electron chi connectivity index (χ1n) is 4.32. The number of nitrogens with one attached hydrogen (secondary N) is 1. The summed E-state index contributed by atoms with van der Waals surface area (Å²) in [5.41, 5.74) is 0. The van der Waals surface area contributed by atoms with Crippen LogP contribution in [0.4, 0.5) is 0 Å². The second-order valence-corrected chi connectivity index (χ2v) is 3.72. The second kappa shape index (κ2) is 4.13. The average Bonchev–Trinajstić information content (AvgIpc) is 2.71. The number of morpholine rings is 1. The fourth-order valence-electron chi connectivity index (χ4n) is 1.38. The van der Waals surface area contributed by atoms with Crippen molar-refractivity contribution in [2.24, 2.45) is 0 Å². The molecule has 0 aromatic heterocycles. The highest BCUT2D eigenvalue weighted by molar-refractivity contribution is 8.00. The maximum absolute atomic E-state index is 11.7. The van der Waals surface area contributed by atoms with Crippen molar-refractivity contribution in [1.29, 1.82) is 0 Å². The highest BCUT2D eigenvalue weighted by atomic mass is 32.2. The summed E-state index contributed by atoms with van der Waals surface area (Å²) in [6.45, 7) is 2.76. The lowest BCUT2D eigenvalue weighted by atomic mass is 10.2. The van der Waals surface area contributed by atoms with Gasteiger partial charge in [0.25, 0.3) is 0 Å². The minimum atomic E-state index is -0.136. The Labute approximate surface area is 81.4 Å². The van der Waals surface area contributed by atoms with E-state index >= 15 is 0 Å². The van der Waals surface area contributed by atoms with E-state index in [0.29, 0.717) is 13.2 Å². The molecule has 2 rings (SSSR count). The SMILES string of the molecule is O=C([C@@H]1C=CSN1)N1CCOCC1. The molecular formula is C8H12N2O2S. The number of nitrogens with zero attached hydrogens (tertiary/aromatic N) is 1.